The van der Waals surface area contributed by atoms with Gasteiger partial charge >= 0.3 is 6.61 Å². The fourth-order valence-electron chi connectivity index (χ4n) is 1.63. The molecule has 1 aromatic heterocycles. The highest BCUT2D eigenvalue weighted by Gasteiger charge is 2.13. The standard InChI is InChI=1S/C13H11BrF2N2O3/c1-20-9-4-2-8(3-5-9)7-18-11(19)6-10(14)12(17-18)21-13(15)16/h2-6,13H,7H2,1H3. The van der Waals surface area contributed by atoms with Gasteiger partial charge in [0, 0.05) is 6.07 Å². The molecule has 0 fully saturated rings. The lowest BCUT2D eigenvalue weighted by atomic mass is 10.2. The Balaban J connectivity index is 2.27. The van der Waals surface area contributed by atoms with Gasteiger partial charge in [-0.3, -0.25) is 4.79 Å². The van der Waals surface area contributed by atoms with Crippen molar-refractivity contribution in [3.05, 3.63) is 50.7 Å². The molecule has 0 unspecified atom stereocenters. The van der Waals surface area contributed by atoms with E-state index in [0.717, 1.165) is 16.3 Å². The minimum Gasteiger partial charge on any atom is -0.497 e. The molecule has 0 spiro atoms. The van der Waals surface area contributed by atoms with Crippen molar-refractivity contribution in [3.8, 4) is 11.6 Å². The van der Waals surface area contributed by atoms with Crippen LogP contribution in [0.3, 0.4) is 0 Å². The van der Waals surface area contributed by atoms with Crippen LogP contribution in [0.4, 0.5) is 8.78 Å². The number of alkyl halides is 2. The summed E-state index contributed by atoms with van der Waals surface area (Å²) in [6.45, 7) is -2.88. The van der Waals surface area contributed by atoms with Crippen LogP contribution < -0.4 is 15.0 Å². The minimum atomic E-state index is -3.01. The first-order chi connectivity index (χ1) is 9.99. The van der Waals surface area contributed by atoms with Crippen LogP contribution in [0, 0.1) is 0 Å². The third-order valence-electron chi connectivity index (χ3n) is 2.61. The Kier molecular flexibility index (Phi) is 4.89. The fraction of sp³-hybridized carbons (Fsp3) is 0.231. The smallest absolute Gasteiger partial charge is 0.388 e. The first kappa shape index (κ1) is 15.4. The normalized spacial score (nSPS) is 10.7. The second-order valence-corrected chi connectivity index (χ2v) is 4.87. The van der Waals surface area contributed by atoms with Gasteiger partial charge in [0.2, 0.25) is 0 Å². The van der Waals surface area contributed by atoms with Gasteiger partial charge in [0.25, 0.3) is 11.4 Å². The van der Waals surface area contributed by atoms with Crippen molar-refractivity contribution in [3.63, 3.8) is 0 Å². The van der Waals surface area contributed by atoms with Crippen LogP contribution in [0.2, 0.25) is 0 Å². The number of methoxy groups -OCH3 is 1. The topological polar surface area (TPSA) is 53.4 Å². The number of nitrogens with zero attached hydrogens (tertiary/aromatic N) is 2. The lowest BCUT2D eigenvalue weighted by molar-refractivity contribution is -0.0545. The molecule has 0 saturated carbocycles. The molecule has 0 aliphatic rings. The average Bonchev–Trinajstić information content (AvgIpc) is 2.44. The molecule has 5 nitrogen and oxygen atoms in total. The van der Waals surface area contributed by atoms with E-state index in [4.69, 9.17) is 4.74 Å². The van der Waals surface area contributed by atoms with Gasteiger partial charge in [-0.2, -0.15) is 8.78 Å². The maximum atomic E-state index is 12.3. The molecule has 0 radical (unpaired) electrons. The molecule has 2 aromatic rings. The molecule has 112 valence electrons. The molecule has 0 aliphatic heterocycles. The van der Waals surface area contributed by atoms with Crippen molar-refractivity contribution in [2.75, 3.05) is 7.11 Å². The summed E-state index contributed by atoms with van der Waals surface area (Å²) in [7, 11) is 1.55. The molecule has 1 heterocycles. The summed E-state index contributed by atoms with van der Waals surface area (Å²) in [4.78, 5) is 11.8. The Labute approximate surface area is 127 Å². The van der Waals surface area contributed by atoms with E-state index in [1.165, 1.54) is 0 Å². The molecule has 2 rings (SSSR count). The van der Waals surface area contributed by atoms with Gasteiger partial charge in [-0.05, 0) is 33.6 Å². The second-order valence-electron chi connectivity index (χ2n) is 4.02. The summed E-state index contributed by atoms with van der Waals surface area (Å²) in [5.74, 6) is 0.342. The Morgan fingerprint density at radius 3 is 2.57 bits per heavy atom. The molecule has 0 amide bonds. The van der Waals surface area contributed by atoms with Crippen LogP contribution in [-0.2, 0) is 6.54 Å². The quantitative estimate of drug-likeness (QED) is 0.822. The molecular weight excluding hydrogens is 350 g/mol. The minimum absolute atomic E-state index is 0.0822. The molecule has 0 atom stereocenters. The van der Waals surface area contributed by atoms with Crippen molar-refractivity contribution < 1.29 is 18.3 Å². The Hall–Kier alpha value is -1.96. The zero-order chi connectivity index (χ0) is 15.4. The lowest BCUT2D eigenvalue weighted by Crippen LogP contribution is -2.24. The van der Waals surface area contributed by atoms with Crippen molar-refractivity contribution in [2.24, 2.45) is 0 Å². The monoisotopic (exact) mass is 360 g/mol. The number of ether oxygens (including phenoxy) is 2. The average molecular weight is 361 g/mol. The van der Waals surface area contributed by atoms with E-state index in [-0.39, 0.29) is 16.9 Å². The van der Waals surface area contributed by atoms with E-state index in [1.54, 1.807) is 31.4 Å². The van der Waals surface area contributed by atoms with E-state index < -0.39 is 12.2 Å². The third-order valence-corrected chi connectivity index (χ3v) is 3.18. The highest BCUT2D eigenvalue weighted by atomic mass is 79.9. The summed E-state index contributed by atoms with van der Waals surface area (Å²) in [5, 5.41) is 3.77. The van der Waals surface area contributed by atoms with E-state index in [1.807, 2.05) is 0 Å². The van der Waals surface area contributed by atoms with E-state index in [2.05, 4.69) is 25.8 Å². The number of hydrogen-bond acceptors (Lipinski definition) is 4. The number of rotatable bonds is 5. The highest BCUT2D eigenvalue weighted by molar-refractivity contribution is 9.10. The maximum Gasteiger partial charge on any atom is 0.388 e. The molecular formula is C13H11BrF2N2O3. The summed E-state index contributed by atoms with van der Waals surface area (Å²) in [6, 6.07) is 8.10. The molecule has 0 aliphatic carbocycles. The van der Waals surface area contributed by atoms with Crippen LogP contribution in [0.15, 0.2) is 39.6 Å². The first-order valence-electron chi connectivity index (χ1n) is 5.85. The number of hydrogen-bond donors (Lipinski definition) is 0. The SMILES string of the molecule is COc1ccc(Cn2nc(OC(F)F)c(Br)cc2=O)cc1. The van der Waals surface area contributed by atoms with E-state index in [9.17, 15) is 13.6 Å². The Bertz CT molecular complexity index is 674. The number of benzene rings is 1. The lowest BCUT2D eigenvalue weighted by Gasteiger charge is -2.10. The van der Waals surface area contributed by atoms with Crippen LogP contribution in [0.25, 0.3) is 0 Å². The molecule has 0 saturated heterocycles. The molecule has 8 heteroatoms. The molecule has 0 bridgehead atoms. The van der Waals surface area contributed by atoms with E-state index >= 15 is 0 Å². The van der Waals surface area contributed by atoms with Crippen molar-refractivity contribution in [2.45, 2.75) is 13.2 Å². The largest absolute Gasteiger partial charge is 0.497 e. The molecule has 1 aromatic carbocycles. The van der Waals surface area contributed by atoms with Gasteiger partial charge < -0.3 is 9.47 Å². The van der Waals surface area contributed by atoms with E-state index in [0.29, 0.717) is 5.75 Å². The zero-order valence-corrected chi connectivity index (χ0v) is 12.5. The first-order valence-corrected chi connectivity index (χ1v) is 6.64. The second kappa shape index (κ2) is 6.66. The Morgan fingerprint density at radius 2 is 2.00 bits per heavy atom. The number of aromatic nitrogens is 2. The van der Waals surface area contributed by atoms with Crippen molar-refractivity contribution in [1.82, 2.24) is 9.78 Å². The summed E-state index contributed by atoms with van der Waals surface area (Å²) in [6.07, 6.45) is 0. The summed E-state index contributed by atoms with van der Waals surface area (Å²) in [5.41, 5.74) is 0.343. The fourth-order valence-corrected chi connectivity index (χ4v) is 2.00. The number of halogens is 3. The molecule has 21 heavy (non-hydrogen) atoms. The maximum absolute atomic E-state index is 12.3. The van der Waals surface area contributed by atoms with Crippen LogP contribution in [0.1, 0.15) is 5.56 Å². The zero-order valence-electron chi connectivity index (χ0n) is 10.9. The van der Waals surface area contributed by atoms with Gasteiger partial charge in [0.1, 0.15) is 5.75 Å². The van der Waals surface area contributed by atoms with Crippen LogP contribution in [0.5, 0.6) is 11.6 Å². The van der Waals surface area contributed by atoms with Gasteiger partial charge in [-0.25, -0.2) is 4.68 Å². The van der Waals surface area contributed by atoms with Crippen molar-refractivity contribution in [1.29, 1.82) is 0 Å². The van der Waals surface area contributed by atoms with Crippen LogP contribution >= 0.6 is 15.9 Å². The van der Waals surface area contributed by atoms with Gasteiger partial charge in [0.05, 0.1) is 18.1 Å². The predicted molar refractivity (Wildman–Crippen MR) is 74.9 cm³/mol. The summed E-state index contributed by atoms with van der Waals surface area (Å²) >= 11 is 2.96. The summed E-state index contributed by atoms with van der Waals surface area (Å²) < 4.78 is 34.9. The van der Waals surface area contributed by atoms with Crippen molar-refractivity contribution >= 4 is 15.9 Å². The predicted octanol–water partition coefficient (Wildman–Crippen LogP) is 2.66. The molecule has 0 N–H and O–H groups in total. The highest BCUT2D eigenvalue weighted by Crippen LogP contribution is 2.21. The Morgan fingerprint density at radius 1 is 1.33 bits per heavy atom. The van der Waals surface area contributed by atoms with Crippen LogP contribution in [-0.4, -0.2) is 23.5 Å². The van der Waals surface area contributed by atoms with Gasteiger partial charge in [-0.1, -0.05) is 12.1 Å². The van der Waals surface area contributed by atoms with Gasteiger partial charge in [-0.15, -0.1) is 5.10 Å². The van der Waals surface area contributed by atoms with Gasteiger partial charge in [0.15, 0.2) is 0 Å². The third kappa shape index (κ3) is 4.01.